The number of hydrogen-bond acceptors (Lipinski definition) is 3. The average Bonchev–Trinajstić information content (AvgIpc) is 2.93. The summed E-state index contributed by atoms with van der Waals surface area (Å²) < 4.78 is 5.72. The second-order valence-electron chi connectivity index (χ2n) is 4.69. The topological polar surface area (TPSA) is 62.5 Å². The van der Waals surface area contributed by atoms with Crippen LogP contribution in [0, 0.1) is 0 Å². The maximum atomic E-state index is 11.0. The number of carboxylic acid groups (broad SMARTS) is 1. The van der Waals surface area contributed by atoms with Crippen LogP contribution in [-0.2, 0) is 11.3 Å². The number of carboxylic acids is 1. The number of rotatable bonds is 7. The van der Waals surface area contributed by atoms with Gasteiger partial charge in [0.2, 0.25) is 0 Å². The number of aliphatic carboxylic acids is 1. The second kappa shape index (κ2) is 6.91. The van der Waals surface area contributed by atoms with E-state index in [1.165, 1.54) is 0 Å². The summed E-state index contributed by atoms with van der Waals surface area (Å²) in [6, 6.07) is 13.1. The number of nitrogens with one attached hydrogen (secondary N) is 1. The fraction of sp³-hybridized carbons (Fsp3) is 0.312. The number of carbonyl (C=O) groups is 1. The predicted molar refractivity (Wildman–Crippen MR) is 77.3 cm³/mol. The Balaban J connectivity index is 1.98. The summed E-state index contributed by atoms with van der Waals surface area (Å²) >= 11 is 0. The van der Waals surface area contributed by atoms with Crippen molar-refractivity contribution < 1.29 is 14.3 Å². The molecule has 0 aliphatic rings. The molecule has 1 unspecified atom stereocenters. The fourth-order valence-electron chi connectivity index (χ4n) is 2.06. The third-order valence-corrected chi connectivity index (χ3v) is 3.12. The van der Waals surface area contributed by atoms with Gasteiger partial charge in [-0.05, 0) is 18.6 Å². The minimum absolute atomic E-state index is 0.420. The SMILES string of the molecule is CCCC(NCc1ccc(-c2ccccc2)o1)C(=O)O. The van der Waals surface area contributed by atoms with Crippen LogP contribution in [0.5, 0.6) is 0 Å². The Bertz CT molecular complexity index is 548. The van der Waals surface area contributed by atoms with Crippen LogP contribution in [0.15, 0.2) is 46.9 Å². The van der Waals surface area contributed by atoms with E-state index >= 15 is 0 Å². The van der Waals surface area contributed by atoms with E-state index in [4.69, 9.17) is 9.52 Å². The Hall–Kier alpha value is -2.07. The number of benzene rings is 1. The number of hydrogen-bond donors (Lipinski definition) is 2. The maximum Gasteiger partial charge on any atom is 0.320 e. The molecule has 0 aliphatic carbocycles. The van der Waals surface area contributed by atoms with Gasteiger partial charge < -0.3 is 9.52 Å². The van der Waals surface area contributed by atoms with Gasteiger partial charge in [-0.3, -0.25) is 10.1 Å². The van der Waals surface area contributed by atoms with Gasteiger partial charge in [0, 0.05) is 5.56 Å². The highest BCUT2D eigenvalue weighted by Crippen LogP contribution is 2.21. The Labute approximate surface area is 118 Å². The molecule has 0 spiro atoms. The lowest BCUT2D eigenvalue weighted by atomic mass is 10.1. The summed E-state index contributed by atoms with van der Waals surface area (Å²) in [7, 11) is 0. The smallest absolute Gasteiger partial charge is 0.320 e. The third-order valence-electron chi connectivity index (χ3n) is 3.12. The van der Waals surface area contributed by atoms with Crippen molar-refractivity contribution in [1.82, 2.24) is 5.32 Å². The van der Waals surface area contributed by atoms with E-state index in [-0.39, 0.29) is 0 Å². The van der Waals surface area contributed by atoms with Crippen LogP contribution in [0.4, 0.5) is 0 Å². The molecule has 0 fully saturated rings. The van der Waals surface area contributed by atoms with E-state index in [0.29, 0.717) is 13.0 Å². The van der Waals surface area contributed by atoms with Gasteiger partial charge in [0.05, 0.1) is 6.54 Å². The Morgan fingerprint density at radius 3 is 2.65 bits per heavy atom. The summed E-state index contributed by atoms with van der Waals surface area (Å²) in [6.45, 7) is 2.39. The van der Waals surface area contributed by atoms with Crippen LogP contribution in [0.2, 0.25) is 0 Å². The van der Waals surface area contributed by atoms with Crippen LogP contribution in [0.3, 0.4) is 0 Å². The molecule has 20 heavy (non-hydrogen) atoms. The molecule has 0 radical (unpaired) electrons. The summed E-state index contributed by atoms with van der Waals surface area (Å²) in [5.41, 5.74) is 1.02. The second-order valence-corrected chi connectivity index (χ2v) is 4.69. The minimum Gasteiger partial charge on any atom is -0.480 e. The molecule has 2 N–H and O–H groups in total. The van der Waals surface area contributed by atoms with Gasteiger partial charge in [-0.1, -0.05) is 43.7 Å². The molecule has 0 saturated heterocycles. The first-order valence-corrected chi connectivity index (χ1v) is 6.81. The molecule has 1 aromatic heterocycles. The zero-order valence-corrected chi connectivity index (χ0v) is 11.5. The molecule has 1 atom stereocenters. The fourth-order valence-corrected chi connectivity index (χ4v) is 2.06. The van der Waals surface area contributed by atoms with Crippen molar-refractivity contribution in [2.45, 2.75) is 32.4 Å². The van der Waals surface area contributed by atoms with E-state index in [2.05, 4.69) is 5.32 Å². The van der Waals surface area contributed by atoms with Gasteiger partial charge in [0.25, 0.3) is 0 Å². The van der Waals surface area contributed by atoms with Crippen molar-refractivity contribution in [3.05, 3.63) is 48.2 Å². The highest BCUT2D eigenvalue weighted by molar-refractivity contribution is 5.73. The summed E-state index contributed by atoms with van der Waals surface area (Å²) in [4.78, 5) is 11.0. The molecule has 0 saturated carbocycles. The highest BCUT2D eigenvalue weighted by atomic mass is 16.4. The van der Waals surface area contributed by atoms with Crippen molar-refractivity contribution in [3.8, 4) is 11.3 Å². The molecule has 0 amide bonds. The van der Waals surface area contributed by atoms with Crippen molar-refractivity contribution in [3.63, 3.8) is 0 Å². The Kier molecular flexibility index (Phi) is 4.96. The quantitative estimate of drug-likeness (QED) is 0.812. The van der Waals surface area contributed by atoms with Crippen LogP contribution in [0.1, 0.15) is 25.5 Å². The number of furan rings is 1. The third kappa shape index (κ3) is 3.71. The van der Waals surface area contributed by atoms with Crippen molar-refractivity contribution in [2.75, 3.05) is 0 Å². The van der Waals surface area contributed by atoms with Gasteiger partial charge in [-0.2, -0.15) is 0 Å². The van der Waals surface area contributed by atoms with E-state index in [1.807, 2.05) is 49.4 Å². The normalized spacial score (nSPS) is 12.2. The lowest BCUT2D eigenvalue weighted by Gasteiger charge is -2.11. The van der Waals surface area contributed by atoms with Crippen LogP contribution in [0.25, 0.3) is 11.3 Å². The van der Waals surface area contributed by atoms with Gasteiger partial charge in [-0.15, -0.1) is 0 Å². The lowest BCUT2D eigenvalue weighted by molar-refractivity contribution is -0.139. The predicted octanol–water partition coefficient (Wildman–Crippen LogP) is 3.29. The first kappa shape index (κ1) is 14.3. The first-order valence-electron chi connectivity index (χ1n) is 6.81. The molecule has 2 aromatic rings. The highest BCUT2D eigenvalue weighted by Gasteiger charge is 2.16. The summed E-state index contributed by atoms with van der Waals surface area (Å²) in [5, 5.41) is 12.1. The summed E-state index contributed by atoms with van der Waals surface area (Å²) in [6.07, 6.45) is 1.44. The molecule has 0 aliphatic heterocycles. The minimum atomic E-state index is -0.818. The Morgan fingerprint density at radius 2 is 2.00 bits per heavy atom. The molecule has 1 heterocycles. The van der Waals surface area contributed by atoms with Gasteiger partial charge in [0.15, 0.2) is 0 Å². The van der Waals surface area contributed by atoms with Crippen molar-refractivity contribution in [1.29, 1.82) is 0 Å². The van der Waals surface area contributed by atoms with Crippen molar-refractivity contribution >= 4 is 5.97 Å². The molecule has 2 rings (SSSR count). The summed E-state index contributed by atoms with van der Waals surface area (Å²) in [5.74, 6) is 0.720. The molecule has 0 bridgehead atoms. The van der Waals surface area contributed by atoms with Crippen LogP contribution < -0.4 is 5.32 Å². The maximum absolute atomic E-state index is 11.0. The molecule has 106 valence electrons. The van der Waals surface area contributed by atoms with E-state index in [0.717, 1.165) is 23.5 Å². The monoisotopic (exact) mass is 273 g/mol. The first-order chi connectivity index (χ1) is 9.70. The lowest BCUT2D eigenvalue weighted by Crippen LogP contribution is -2.35. The van der Waals surface area contributed by atoms with Crippen LogP contribution >= 0.6 is 0 Å². The molecule has 4 nitrogen and oxygen atoms in total. The Morgan fingerprint density at radius 1 is 1.25 bits per heavy atom. The standard InChI is InChI=1S/C16H19NO3/c1-2-6-14(16(18)19)17-11-13-9-10-15(20-13)12-7-4-3-5-8-12/h3-5,7-10,14,17H,2,6,11H2,1H3,(H,18,19). The van der Waals surface area contributed by atoms with E-state index in [9.17, 15) is 4.79 Å². The molecular formula is C16H19NO3. The largest absolute Gasteiger partial charge is 0.480 e. The van der Waals surface area contributed by atoms with Gasteiger partial charge in [-0.25, -0.2) is 0 Å². The zero-order valence-electron chi connectivity index (χ0n) is 11.5. The van der Waals surface area contributed by atoms with E-state index < -0.39 is 12.0 Å². The van der Waals surface area contributed by atoms with Crippen LogP contribution in [-0.4, -0.2) is 17.1 Å². The molecule has 4 heteroatoms. The average molecular weight is 273 g/mol. The van der Waals surface area contributed by atoms with Gasteiger partial charge >= 0.3 is 5.97 Å². The zero-order chi connectivity index (χ0) is 14.4. The molecule has 1 aromatic carbocycles. The van der Waals surface area contributed by atoms with Gasteiger partial charge in [0.1, 0.15) is 17.6 Å². The van der Waals surface area contributed by atoms with E-state index in [1.54, 1.807) is 0 Å². The molecular weight excluding hydrogens is 254 g/mol. The van der Waals surface area contributed by atoms with Crippen molar-refractivity contribution in [2.24, 2.45) is 0 Å².